The van der Waals surface area contributed by atoms with Gasteiger partial charge in [0.25, 0.3) is 0 Å². The number of hydrogen-bond acceptors (Lipinski definition) is 5. The lowest BCUT2D eigenvalue weighted by Gasteiger charge is -2.31. The van der Waals surface area contributed by atoms with Gasteiger partial charge in [0, 0.05) is 23.7 Å². The van der Waals surface area contributed by atoms with Crippen LogP contribution in [0.15, 0.2) is 23.1 Å². The quantitative estimate of drug-likeness (QED) is 0.257. The number of nitrogens with one attached hydrogen (secondary N) is 1. The number of aliphatic hydroxyl groups excluding tert-OH is 1. The maximum Gasteiger partial charge on any atom is 0.232 e. The number of Topliss-reactive ketones (excluding diaryl/α,β-unsaturated/α-hetero) is 1. The van der Waals surface area contributed by atoms with Gasteiger partial charge in [-0.15, -0.1) is 0 Å². The van der Waals surface area contributed by atoms with E-state index in [2.05, 4.69) is 12.2 Å². The first-order valence-corrected chi connectivity index (χ1v) is 11.3. The summed E-state index contributed by atoms with van der Waals surface area (Å²) in [4.78, 5) is 24.3. The molecule has 2 aliphatic carbocycles. The number of aliphatic hydroxyl groups is 1. The molecule has 2 aliphatic rings. The zero-order chi connectivity index (χ0) is 20.4. The van der Waals surface area contributed by atoms with E-state index < -0.39 is 11.6 Å². The molecule has 0 amide bonds. The van der Waals surface area contributed by atoms with Crippen LogP contribution in [0.3, 0.4) is 0 Å². The zero-order valence-electron chi connectivity index (χ0n) is 17.5. The number of unbranched alkanes of at least 4 members (excludes halogenated alkanes) is 8. The molecule has 28 heavy (non-hydrogen) atoms. The van der Waals surface area contributed by atoms with Gasteiger partial charge < -0.3 is 16.2 Å². The molecule has 0 aromatic heterocycles. The van der Waals surface area contributed by atoms with E-state index in [1.807, 2.05) is 0 Å². The molecule has 0 aliphatic heterocycles. The molecular weight excluding hydrogens is 352 g/mol. The van der Waals surface area contributed by atoms with Crippen molar-refractivity contribution in [2.24, 2.45) is 5.73 Å². The molecule has 2 rings (SSSR count). The summed E-state index contributed by atoms with van der Waals surface area (Å²) in [6, 6.07) is 0.0491. The smallest absolute Gasteiger partial charge is 0.232 e. The van der Waals surface area contributed by atoms with Crippen LogP contribution >= 0.6 is 0 Å². The van der Waals surface area contributed by atoms with Crippen molar-refractivity contribution < 1.29 is 14.7 Å². The van der Waals surface area contributed by atoms with Crippen LogP contribution in [0.5, 0.6) is 0 Å². The maximum absolute atomic E-state index is 12.2. The van der Waals surface area contributed by atoms with Gasteiger partial charge in [0.05, 0.1) is 5.70 Å². The van der Waals surface area contributed by atoms with E-state index >= 15 is 0 Å². The number of rotatable bonds is 12. The van der Waals surface area contributed by atoms with E-state index in [1.54, 1.807) is 0 Å². The summed E-state index contributed by atoms with van der Waals surface area (Å²) in [5, 5.41) is 13.8. The van der Waals surface area contributed by atoms with Crippen LogP contribution in [0.1, 0.15) is 96.8 Å². The molecule has 1 saturated carbocycles. The number of hydrogen-bond donors (Lipinski definition) is 3. The predicted octanol–water partition coefficient (Wildman–Crippen LogP) is 4.61. The number of allylic oxidation sites excluding steroid dienone is 2. The first-order chi connectivity index (χ1) is 13.5. The summed E-state index contributed by atoms with van der Waals surface area (Å²) in [6.07, 6.45) is 16.4. The molecule has 2 unspecified atom stereocenters. The van der Waals surface area contributed by atoms with E-state index in [1.165, 1.54) is 44.6 Å². The first kappa shape index (κ1) is 22.7. The number of ketones is 2. The highest BCUT2D eigenvalue weighted by atomic mass is 16.3. The van der Waals surface area contributed by atoms with Crippen LogP contribution in [0.4, 0.5) is 0 Å². The normalized spacial score (nSPS) is 23.1. The summed E-state index contributed by atoms with van der Waals surface area (Å²) in [7, 11) is 0. The minimum Gasteiger partial charge on any atom is -0.505 e. The average molecular weight is 391 g/mol. The van der Waals surface area contributed by atoms with E-state index in [0.29, 0.717) is 12.1 Å². The van der Waals surface area contributed by atoms with Gasteiger partial charge in [-0.3, -0.25) is 9.59 Å². The average Bonchev–Trinajstić information content (AvgIpc) is 2.68. The fourth-order valence-corrected chi connectivity index (χ4v) is 4.18. The van der Waals surface area contributed by atoms with E-state index in [9.17, 15) is 14.7 Å². The highest BCUT2D eigenvalue weighted by Gasteiger charge is 2.30. The summed E-state index contributed by atoms with van der Waals surface area (Å²) in [5.74, 6) is -1.16. The molecule has 0 aromatic rings. The predicted molar refractivity (Wildman–Crippen MR) is 113 cm³/mol. The molecule has 1 fully saturated rings. The van der Waals surface area contributed by atoms with Crippen molar-refractivity contribution >= 4 is 11.6 Å². The molecule has 0 heterocycles. The number of carbonyl (C=O) groups excluding carboxylic acids is 2. The van der Waals surface area contributed by atoms with Crippen molar-refractivity contribution in [3.05, 3.63) is 23.1 Å². The Labute approximate surface area is 169 Å². The van der Waals surface area contributed by atoms with Crippen LogP contribution in [-0.4, -0.2) is 28.8 Å². The zero-order valence-corrected chi connectivity index (χ0v) is 17.5. The third kappa shape index (κ3) is 6.77. The SMILES string of the molecule is CCCCCCCCCCCC1=C(O)C(NC2CCCCC2N)=CC(=O)C1=O. The molecule has 158 valence electrons. The monoisotopic (exact) mass is 390 g/mol. The van der Waals surface area contributed by atoms with Crippen molar-refractivity contribution in [2.75, 3.05) is 0 Å². The molecular formula is C23H38N2O3. The van der Waals surface area contributed by atoms with Gasteiger partial charge in [0.2, 0.25) is 11.6 Å². The van der Waals surface area contributed by atoms with Gasteiger partial charge in [-0.2, -0.15) is 0 Å². The van der Waals surface area contributed by atoms with Crippen LogP contribution in [0.2, 0.25) is 0 Å². The lowest BCUT2D eigenvalue weighted by atomic mass is 9.89. The molecule has 0 bridgehead atoms. The Hall–Kier alpha value is -1.62. The Bertz CT molecular complexity index is 595. The molecule has 0 aromatic carbocycles. The van der Waals surface area contributed by atoms with Crippen LogP contribution in [0.25, 0.3) is 0 Å². The second kappa shape index (κ2) is 12.1. The first-order valence-electron chi connectivity index (χ1n) is 11.3. The van der Waals surface area contributed by atoms with Crippen LogP contribution < -0.4 is 11.1 Å². The second-order valence-corrected chi connectivity index (χ2v) is 8.36. The fourth-order valence-electron chi connectivity index (χ4n) is 4.18. The van der Waals surface area contributed by atoms with Gasteiger partial charge in [0.1, 0.15) is 5.76 Å². The highest BCUT2D eigenvalue weighted by molar-refractivity contribution is 6.48. The molecule has 0 radical (unpaired) electrons. The summed E-state index contributed by atoms with van der Waals surface area (Å²) in [6.45, 7) is 2.22. The van der Waals surface area contributed by atoms with E-state index in [4.69, 9.17) is 5.73 Å². The van der Waals surface area contributed by atoms with Gasteiger partial charge in [-0.1, -0.05) is 71.1 Å². The maximum atomic E-state index is 12.2. The lowest BCUT2D eigenvalue weighted by molar-refractivity contribution is -0.132. The number of carbonyl (C=O) groups is 2. The second-order valence-electron chi connectivity index (χ2n) is 8.36. The Morgan fingerprint density at radius 3 is 2.25 bits per heavy atom. The molecule has 4 N–H and O–H groups in total. The largest absolute Gasteiger partial charge is 0.505 e. The minimum absolute atomic E-state index is 0.0101. The fraction of sp³-hybridized carbons (Fsp3) is 0.739. The van der Waals surface area contributed by atoms with Crippen LogP contribution in [0, 0.1) is 0 Å². The molecule has 5 heteroatoms. The van der Waals surface area contributed by atoms with Gasteiger partial charge in [0.15, 0.2) is 0 Å². The highest BCUT2D eigenvalue weighted by Crippen LogP contribution is 2.25. The summed E-state index contributed by atoms with van der Waals surface area (Å²) >= 11 is 0. The van der Waals surface area contributed by atoms with Gasteiger partial charge >= 0.3 is 0 Å². The number of nitrogens with two attached hydrogens (primary N) is 1. The molecule has 0 saturated heterocycles. The van der Waals surface area contributed by atoms with Gasteiger partial charge in [-0.25, -0.2) is 0 Å². The van der Waals surface area contributed by atoms with E-state index in [0.717, 1.165) is 44.9 Å². The Morgan fingerprint density at radius 2 is 1.61 bits per heavy atom. The van der Waals surface area contributed by atoms with Crippen molar-refractivity contribution in [2.45, 2.75) is 109 Å². The lowest BCUT2D eigenvalue weighted by Crippen LogP contribution is -2.47. The topological polar surface area (TPSA) is 92.4 Å². The summed E-state index contributed by atoms with van der Waals surface area (Å²) < 4.78 is 0. The van der Waals surface area contributed by atoms with Crippen molar-refractivity contribution in [3.63, 3.8) is 0 Å². The molecule has 5 nitrogen and oxygen atoms in total. The Balaban J connectivity index is 1.81. The van der Waals surface area contributed by atoms with E-state index in [-0.39, 0.29) is 23.4 Å². The van der Waals surface area contributed by atoms with Crippen molar-refractivity contribution in [1.29, 1.82) is 0 Å². The van der Waals surface area contributed by atoms with Crippen molar-refractivity contribution in [3.8, 4) is 0 Å². The standard InChI is InChI=1S/C23H38N2O3/c1-2-3-4-5-6-7-8-9-10-13-17-22(27)20(16-21(26)23(17)28)25-19-15-12-11-14-18(19)24/h16,18-19,25,27H,2-15,24H2,1H3. The van der Waals surface area contributed by atoms with Crippen molar-refractivity contribution in [1.82, 2.24) is 5.32 Å². The summed E-state index contributed by atoms with van der Waals surface area (Å²) in [5.41, 5.74) is 6.80. The molecule has 2 atom stereocenters. The van der Waals surface area contributed by atoms with Gasteiger partial charge in [-0.05, 0) is 25.7 Å². The Kier molecular flexibility index (Phi) is 9.76. The third-order valence-corrected chi connectivity index (χ3v) is 6.00. The molecule has 0 spiro atoms. The minimum atomic E-state index is -0.560. The third-order valence-electron chi connectivity index (χ3n) is 6.00. The Morgan fingerprint density at radius 1 is 1.00 bits per heavy atom. The van der Waals surface area contributed by atoms with Crippen LogP contribution in [-0.2, 0) is 9.59 Å².